The summed E-state index contributed by atoms with van der Waals surface area (Å²) in [5, 5.41) is 0. The van der Waals surface area contributed by atoms with E-state index in [1.807, 2.05) is 19.1 Å². The second-order valence-corrected chi connectivity index (χ2v) is 8.32. The number of benzene rings is 1. The Morgan fingerprint density at radius 1 is 1.16 bits per heavy atom. The molecular formula is C25H32N2O5. The summed E-state index contributed by atoms with van der Waals surface area (Å²) < 4.78 is 12.6. The number of aromatic nitrogens is 1. The molecule has 0 saturated carbocycles. The predicted octanol–water partition coefficient (Wildman–Crippen LogP) is 3.63. The van der Waals surface area contributed by atoms with Crippen LogP contribution in [0.1, 0.15) is 67.8 Å². The Kier molecular flexibility index (Phi) is 7.51. The van der Waals surface area contributed by atoms with E-state index in [4.69, 9.17) is 9.47 Å². The molecule has 0 spiro atoms. The molecule has 1 amide bonds. The van der Waals surface area contributed by atoms with Gasteiger partial charge in [-0.2, -0.15) is 0 Å². The number of ether oxygens (including phenoxy) is 2. The summed E-state index contributed by atoms with van der Waals surface area (Å²) in [5.41, 5.74) is 3.68. The van der Waals surface area contributed by atoms with Crippen molar-refractivity contribution in [3.63, 3.8) is 0 Å². The molecule has 172 valence electrons. The van der Waals surface area contributed by atoms with Gasteiger partial charge < -0.3 is 18.9 Å². The third-order valence-electron chi connectivity index (χ3n) is 6.05. The highest BCUT2D eigenvalue weighted by Crippen LogP contribution is 2.24. The van der Waals surface area contributed by atoms with Gasteiger partial charge in [0.25, 0.3) is 5.91 Å². The number of carbonyl (C=O) groups is 3. The van der Waals surface area contributed by atoms with Crippen molar-refractivity contribution in [1.82, 2.24) is 9.47 Å². The summed E-state index contributed by atoms with van der Waals surface area (Å²) in [6, 6.07) is 7.33. The first-order valence-corrected chi connectivity index (χ1v) is 11.1. The van der Waals surface area contributed by atoms with Gasteiger partial charge in [-0.25, -0.2) is 4.79 Å². The monoisotopic (exact) mass is 440 g/mol. The Morgan fingerprint density at radius 3 is 2.44 bits per heavy atom. The van der Waals surface area contributed by atoms with Gasteiger partial charge >= 0.3 is 5.97 Å². The summed E-state index contributed by atoms with van der Waals surface area (Å²) in [6.07, 6.45) is 1.73. The minimum atomic E-state index is -0.457. The molecule has 1 atom stereocenters. The van der Waals surface area contributed by atoms with Gasteiger partial charge in [-0.15, -0.1) is 0 Å². The Hall–Kier alpha value is -2.93. The van der Waals surface area contributed by atoms with E-state index in [9.17, 15) is 14.4 Å². The molecule has 2 heterocycles. The highest BCUT2D eigenvalue weighted by Gasteiger charge is 2.30. The average Bonchev–Trinajstić information content (AvgIpc) is 3.34. The zero-order valence-electron chi connectivity index (χ0n) is 19.6. The lowest BCUT2D eigenvalue weighted by Gasteiger charge is -2.25. The summed E-state index contributed by atoms with van der Waals surface area (Å²) in [5.74, 6) is -0.864. The molecule has 1 unspecified atom stereocenters. The van der Waals surface area contributed by atoms with Crippen molar-refractivity contribution in [2.75, 3.05) is 26.3 Å². The quantitative estimate of drug-likeness (QED) is 0.463. The van der Waals surface area contributed by atoms with Gasteiger partial charge in [0.1, 0.15) is 5.69 Å². The maximum Gasteiger partial charge on any atom is 0.355 e. The van der Waals surface area contributed by atoms with Crippen LogP contribution in [0.25, 0.3) is 0 Å². The van der Waals surface area contributed by atoms with E-state index in [0.29, 0.717) is 41.2 Å². The van der Waals surface area contributed by atoms with Crippen molar-refractivity contribution in [3.8, 4) is 0 Å². The van der Waals surface area contributed by atoms with E-state index >= 15 is 0 Å². The van der Waals surface area contributed by atoms with Gasteiger partial charge in [0.15, 0.2) is 5.78 Å². The number of nitrogens with zero attached hydrogens (tertiary/aromatic N) is 2. The maximum atomic E-state index is 13.4. The highest BCUT2D eigenvalue weighted by atomic mass is 16.5. The van der Waals surface area contributed by atoms with E-state index in [-0.39, 0.29) is 30.9 Å². The molecule has 0 N–H and O–H groups in total. The van der Waals surface area contributed by atoms with Crippen molar-refractivity contribution in [1.29, 1.82) is 0 Å². The van der Waals surface area contributed by atoms with Crippen molar-refractivity contribution in [2.45, 2.75) is 46.6 Å². The minimum absolute atomic E-state index is 0.0785. The first kappa shape index (κ1) is 23.7. The van der Waals surface area contributed by atoms with Crippen molar-refractivity contribution >= 4 is 17.7 Å². The van der Waals surface area contributed by atoms with Crippen LogP contribution < -0.4 is 0 Å². The van der Waals surface area contributed by atoms with Crippen LogP contribution in [-0.4, -0.2) is 59.5 Å². The van der Waals surface area contributed by atoms with Gasteiger partial charge in [0.05, 0.1) is 19.3 Å². The molecule has 1 aromatic carbocycles. The molecular weight excluding hydrogens is 408 g/mol. The van der Waals surface area contributed by atoms with Crippen LogP contribution >= 0.6 is 0 Å². The zero-order valence-corrected chi connectivity index (χ0v) is 19.6. The Bertz CT molecular complexity index is 1000. The summed E-state index contributed by atoms with van der Waals surface area (Å²) >= 11 is 0. The molecule has 3 rings (SSSR count). The van der Waals surface area contributed by atoms with E-state index < -0.39 is 5.97 Å². The van der Waals surface area contributed by atoms with Gasteiger partial charge in [-0.3, -0.25) is 9.59 Å². The number of aryl methyl sites for hydroxylation is 1. The average molecular weight is 441 g/mol. The molecule has 7 nitrogen and oxygen atoms in total. The van der Waals surface area contributed by atoms with Crippen LogP contribution in [0.4, 0.5) is 0 Å². The molecule has 1 saturated heterocycles. The van der Waals surface area contributed by atoms with Crippen LogP contribution in [0.3, 0.4) is 0 Å². The summed E-state index contributed by atoms with van der Waals surface area (Å²) in [7, 11) is 1.74. The smallest absolute Gasteiger partial charge is 0.355 e. The first-order chi connectivity index (χ1) is 15.2. The van der Waals surface area contributed by atoms with E-state index in [0.717, 1.165) is 18.4 Å². The number of rotatable bonds is 8. The Labute approximate surface area is 189 Å². The Balaban J connectivity index is 1.89. The van der Waals surface area contributed by atoms with E-state index in [1.54, 1.807) is 49.4 Å². The van der Waals surface area contributed by atoms with Crippen molar-refractivity contribution in [2.24, 2.45) is 7.05 Å². The number of hydrogen-bond donors (Lipinski definition) is 0. The second kappa shape index (κ2) is 10.1. The fourth-order valence-electron chi connectivity index (χ4n) is 4.26. The van der Waals surface area contributed by atoms with Crippen LogP contribution in [0.2, 0.25) is 0 Å². The van der Waals surface area contributed by atoms with Crippen LogP contribution in [0, 0.1) is 20.8 Å². The molecule has 1 fully saturated rings. The fourth-order valence-corrected chi connectivity index (χ4v) is 4.26. The molecule has 2 aromatic rings. The van der Waals surface area contributed by atoms with Gasteiger partial charge in [-0.1, -0.05) is 17.7 Å². The van der Waals surface area contributed by atoms with Crippen molar-refractivity contribution in [3.05, 3.63) is 57.9 Å². The lowest BCUT2D eigenvalue weighted by Crippen LogP contribution is -2.41. The lowest BCUT2D eigenvalue weighted by atomic mass is 10.0. The third kappa shape index (κ3) is 4.93. The highest BCUT2D eigenvalue weighted by molar-refractivity contribution is 6.06. The standard InChI is InChI=1S/C25H32N2O5/c1-6-31-25(30)23-17(3)22(18(4)26(23)5)21(28)15-27(14-20-8-7-13-32-20)24(29)19-11-9-16(2)10-12-19/h9-12,20H,6-8,13-15H2,1-5H3. The van der Waals surface area contributed by atoms with Crippen LogP contribution in [0.5, 0.6) is 0 Å². The topological polar surface area (TPSA) is 77.8 Å². The molecule has 1 aliphatic rings. The van der Waals surface area contributed by atoms with E-state index in [2.05, 4.69) is 0 Å². The molecule has 0 aliphatic carbocycles. The summed E-state index contributed by atoms with van der Waals surface area (Å²) in [4.78, 5) is 40.7. The number of carbonyl (C=O) groups excluding carboxylic acids is 3. The van der Waals surface area contributed by atoms with Gasteiger partial charge in [0, 0.05) is 37.0 Å². The molecule has 1 aromatic heterocycles. The molecule has 1 aliphatic heterocycles. The van der Waals surface area contributed by atoms with Gasteiger partial charge in [-0.05, 0) is 58.2 Å². The number of esters is 1. The second-order valence-electron chi connectivity index (χ2n) is 8.32. The number of Topliss-reactive ketones (excluding diaryl/α,β-unsaturated/α-hetero) is 1. The zero-order chi connectivity index (χ0) is 23.4. The van der Waals surface area contributed by atoms with Gasteiger partial charge in [0.2, 0.25) is 0 Å². The SMILES string of the molecule is CCOC(=O)c1c(C)c(C(=O)CN(CC2CCCO2)C(=O)c2ccc(C)cc2)c(C)n1C. The maximum absolute atomic E-state index is 13.4. The number of hydrogen-bond acceptors (Lipinski definition) is 5. The van der Waals surface area contributed by atoms with Crippen molar-refractivity contribution < 1.29 is 23.9 Å². The Morgan fingerprint density at radius 2 is 1.84 bits per heavy atom. The molecule has 7 heteroatoms. The first-order valence-electron chi connectivity index (χ1n) is 11.1. The normalized spacial score (nSPS) is 15.6. The fraction of sp³-hybridized carbons (Fsp3) is 0.480. The lowest BCUT2D eigenvalue weighted by molar-refractivity contribution is 0.0505. The predicted molar refractivity (Wildman–Crippen MR) is 121 cm³/mol. The molecule has 32 heavy (non-hydrogen) atoms. The van der Waals surface area contributed by atoms with Crippen LogP contribution in [-0.2, 0) is 16.5 Å². The largest absolute Gasteiger partial charge is 0.461 e. The number of amides is 1. The number of ketones is 1. The third-order valence-corrected chi connectivity index (χ3v) is 6.05. The molecule has 0 radical (unpaired) electrons. The van der Waals surface area contributed by atoms with E-state index in [1.165, 1.54) is 0 Å². The summed E-state index contributed by atoms with van der Waals surface area (Å²) in [6.45, 7) is 8.46. The molecule has 0 bridgehead atoms. The van der Waals surface area contributed by atoms with Crippen LogP contribution in [0.15, 0.2) is 24.3 Å². The minimum Gasteiger partial charge on any atom is -0.461 e.